The van der Waals surface area contributed by atoms with E-state index < -0.39 is 11.2 Å². The zero-order chi connectivity index (χ0) is 29.2. The first-order chi connectivity index (χ1) is 19.5. The first kappa shape index (κ1) is 29.8. The van der Waals surface area contributed by atoms with Gasteiger partial charge < -0.3 is 19.5 Å². The molecule has 8 heteroatoms. The van der Waals surface area contributed by atoms with Crippen LogP contribution >= 0.6 is 0 Å². The third-order valence-electron chi connectivity index (χ3n) is 13.3. The van der Waals surface area contributed by atoms with Gasteiger partial charge >= 0.3 is 11.9 Å². The second-order valence-corrected chi connectivity index (χ2v) is 15.2. The molecule has 41 heavy (non-hydrogen) atoms. The van der Waals surface area contributed by atoms with Crippen LogP contribution in [0.4, 0.5) is 0 Å². The Kier molecular flexibility index (Phi) is 8.04. The Bertz CT molecular complexity index is 995. The highest BCUT2D eigenvalue weighted by molar-refractivity contribution is 5.66. The molecule has 6 fully saturated rings. The quantitative estimate of drug-likeness (QED) is 0.401. The van der Waals surface area contributed by atoms with Crippen LogP contribution in [0.1, 0.15) is 91.9 Å². The molecule has 0 amide bonds. The van der Waals surface area contributed by atoms with Crippen molar-refractivity contribution in [3.63, 3.8) is 0 Å². The van der Waals surface area contributed by atoms with Crippen molar-refractivity contribution in [3.05, 3.63) is 0 Å². The Morgan fingerprint density at radius 2 is 1.46 bits per heavy atom. The Labute approximate surface area is 247 Å². The van der Waals surface area contributed by atoms with Crippen LogP contribution in [0.5, 0.6) is 0 Å². The number of hydrogen-bond donors (Lipinski definition) is 1. The lowest BCUT2D eigenvalue weighted by atomic mass is 9.42. The number of hydrogen-bond acceptors (Lipinski definition) is 8. The predicted octanol–water partition coefficient (Wildman–Crippen LogP) is 3.90. The summed E-state index contributed by atoms with van der Waals surface area (Å²) in [7, 11) is 2.23. The average molecular weight is 574 g/mol. The molecule has 0 aromatic carbocycles. The summed E-state index contributed by atoms with van der Waals surface area (Å²) in [6, 6.07) is 0.831. The van der Waals surface area contributed by atoms with Crippen LogP contribution in [0.2, 0.25) is 0 Å². The molecule has 4 saturated carbocycles. The zero-order valence-corrected chi connectivity index (χ0v) is 26.3. The van der Waals surface area contributed by atoms with Crippen LogP contribution in [-0.4, -0.2) is 102 Å². The third-order valence-corrected chi connectivity index (χ3v) is 13.3. The van der Waals surface area contributed by atoms with Gasteiger partial charge in [0, 0.05) is 70.4 Å². The normalized spacial score (nSPS) is 47.6. The summed E-state index contributed by atoms with van der Waals surface area (Å²) < 4.78 is 11.8. The summed E-state index contributed by atoms with van der Waals surface area (Å²) in [6.07, 6.45) is 10.2. The van der Waals surface area contributed by atoms with Crippen LogP contribution in [0, 0.1) is 34.5 Å². The van der Waals surface area contributed by atoms with Gasteiger partial charge in [0.1, 0.15) is 6.10 Å². The first-order valence-corrected chi connectivity index (χ1v) is 16.7. The molecule has 0 radical (unpaired) electrons. The molecule has 5 unspecified atom stereocenters. The van der Waals surface area contributed by atoms with Crippen molar-refractivity contribution < 1.29 is 24.2 Å². The van der Waals surface area contributed by atoms with E-state index in [2.05, 4.69) is 35.6 Å². The van der Waals surface area contributed by atoms with E-state index in [1.54, 1.807) is 6.92 Å². The number of carbonyl (C=O) groups excluding carboxylic acids is 2. The van der Waals surface area contributed by atoms with E-state index in [0.29, 0.717) is 42.2 Å². The van der Waals surface area contributed by atoms with Crippen LogP contribution in [0.15, 0.2) is 0 Å². The van der Waals surface area contributed by atoms with Crippen molar-refractivity contribution in [2.45, 2.75) is 116 Å². The molecule has 6 rings (SSSR count). The van der Waals surface area contributed by atoms with Crippen LogP contribution in [-0.2, 0) is 19.1 Å². The molecule has 2 heterocycles. The lowest BCUT2D eigenvalue weighted by Crippen LogP contribution is -2.70. The molecular formula is C33H55N3O5. The van der Waals surface area contributed by atoms with Crippen molar-refractivity contribution in [1.82, 2.24) is 14.7 Å². The smallest absolute Gasteiger partial charge is 0.305 e. The van der Waals surface area contributed by atoms with E-state index in [0.717, 1.165) is 77.8 Å². The number of ether oxygens (including phenoxy) is 2. The van der Waals surface area contributed by atoms with Gasteiger partial charge in [0.2, 0.25) is 5.79 Å². The number of esters is 2. The first-order valence-electron chi connectivity index (χ1n) is 16.7. The maximum Gasteiger partial charge on any atom is 0.305 e. The summed E-state index contributed by atoms with van der Waals surface area (Å²) in [5.41, 5.74) is -0.306. The molecular weight excluding hydrogens is 518 g/mol. The van der Waals surface area contributed by atoms with Crippen molar-refractivity contribution in [2.24, 2.45) is 34.5 Å². The molecule has 0 bridgehead atoms. The standard InChI is InChI=1S/C33H55N3O5/c1-22(37)40-24-19-28-29(35-17-15-34(5)16-18-35)21-25-26-10-12-33(39,41-23(2)38)31(26,3)11-9-27(25)32(28,4)30(20-24)36-13-7-6-8-14-36/h24-30,39H,6-21H2,1-5H3/t24?,25-,26-,27+,28?,29?,30?,31-,32+,33?/m0/s1. The number of rotatable bonds is 4. The van der Waals surface area contributed by atoms with Crippen molar-refractivity contribution in [3.8, 4) is 0 Å². The summed E-state index contributed by atoms with van der Waals surface area (Å²) in [5, 5.41) is 11.8. The molecule has 1 N–H and O–H groups in total. The minimum absolute atomic E-state index is 0.0154. The van der Waals surface area contributed by atoms with Crippen molar-refractivity contribution >= 4 is 11.9 Å². The predicted molar refractivity (Wildman–Crippen MR) is 157 cm³/mol. The summed E-state index contributed by atoms with van der Waals surface area (Å²) in [6.45, 7) is 14.5. The topological polar surface area (TPSA) is 82.5 Å². The molecule has 10 atom stereocenters. The van der Waals surface area contributed by atoms with Gasteiger partial charge in [0.25, 0.3) is 0 Å². The Balaban J connectivity index is 1.40. The van der Waals surface area contributed by atoms with E-state index in [4.69, 9.17) is 9.47 Å². The van der Waals surface area contributed by atoms with Crippen molar-refractivity contribution in [1.29, 1.82) is 0 Å². The Hall–Kier alpha value is -1.22. The zero-order valence-electron chi connectivity index (χ0n) is 26.3. The fourth-order valence-corrected chi connectivity index (χ4v) is 11.3. The van der Waals surface area contributed by atoms with E-state index in [-0.39, 0.29) is 23.5 Å². The molecule has 0 aromatic heterocycles. The van der Waals surface area contributed by atoms with Gasteiger partial charge in [-0.25, -0.2) is 0 Å². The van der Waals surface area contributed by atoms with Gasteiger partial charge in [-0.3, -0.25) is 19.4 Å². The molecule has 8 nitrogen and oxygen atoms in total. The number of likely N-dealkylation sites (tertiary alicyclic amines) is 1. The Morgan fingerprint density at radius 3 is 2.12 bits per heavy atom. The molecule has 2 aliphatic heterocycles. The highest BCUT2D eigenvalue weighted by Gasteiger charge is 2.69. The van der Waals surface area contributed by atoms with Gasteiger partial charge in [0.05, 0.1) is 0 Å². The SMILES string of the molecule is CC(=O)OC1CC2C(N3CCN(C)CC3)C[C@@H]3[C@@H](CC[C@@]4(C)[C@H]3CCC4(O)OC(C)=O)[C@@]2(C)C(N2CCCCC2)C1. The lowest BCUT2D eigenvalue weighted by Gasteiger charge is -2.68. The Morgan fingerprint density at radius 1 is 0.780 bits per heavy atom. The van der Waals surface area contributed by atoms with Gasteiger partial charge in [-0.05, 0) is 94.2 Å². The second-order valence-electron chi connectivity index (χ2n) is 15.2. The highest BCUT2D eigenvalue weighted by Crippen LogP contribution is 2.69. The number of carbonyl (C=O) groups is 2. The number of piperazine rings is 1. The van der Waals surface area contributed by atoms with Crippen molar-refractivity contribution in [2.75, 3.05) is 46.3 Å². The fraction of sp³-hybridized carbons (Fsp3) is 0.939. The molecule has 6 aliphatic rings. The van der Waals surface area contributed by atoms with Gasteiger partial charge in [-0.1, -0.05) is 20.3 Å². The number of aliphatic hydroxyl groups is 1. The maximum atomic E-state index is 12.3. The minimum Gasteiger partial charge on any atom is -0.462 e. The number of nitrogens with zero attached hydrogens (tertiary/aromatic N) is 3. The highest BCUT2D eigenvalue weighted by atomic mass is 16.7. The van der Waals surface area contributed by atoms with Gasteiger partial charge in [0.15, 0.2) is 0 Å². The summed E-state index contributed by atoms with van der Waals surface area (Å²) >= 11 is 0. The molecule has 232 valence electrons. The third kappa shape index (κ3) is 4.97. The number of fused-ring (bicyclic) bond motifs is 5. The molecule has 0 aromatic rings. The molecule has 0 spiro atoms. The minimum atomic E-state index is -1.37. The second kappa shape index (κ2) is 11.0. The van der Waals surface area contributed by atoms with Gasteiger partial charge in [-0.15, -0.1) is 0 Å². The van der Waals surface area contributed by atoms with E-state index in [1.165, 1.54) is 26.2 Å². The molecule has 4 aliphatic carbocycles. The molecule has 2 saturated heterocycles. The van der Waals surface area contributed by atoms with Crippen LogP contribution in [0.3, 0.4) is 0 Å². The number of likely N-dealkylation sites (N-methyl/N-ethyl adjacent to an activating group) is 1. The van der Waals surface area contributed by atoms with E-state index in [1.807, 2.05) is 0 Å². The van der Waals surface area contributed by atoms with E-state index in [9.17, 15) is 14.7 Å². The average Bonchev–Trinajstić information content (AvgIpc) is 3.18. The van der Waals surface area contributed by atoms with E-state index >= 15 is 0 Å². The fourth-order valence-electron chi connectivity index (χ4n) is 11.3. The number of piperidine rings is 1. The van der Waals surface area contributed by atoms with Crippen LogP contribution in [0.25, 0.3) is 0 Å². The lowest BCUT2D eigenvalue weighted by molar-refractivity contribution is -0.271. The largest absolute Gasteiger partial charge is 0.462 e. The van der Waals surface area contributed by atoms with Crippen LogP contribution < -0.4 is 0 Å². The summed E-state index contributed by atoms with van der Waals surface area (Å²) in [5.74, 6) is -0.0429. The monoisotopic (exact) mass is 573 g/mol. The maximum absolute atomic E-state index is 12.3. The summed E-state index contributed by atoms with van der Waals surface area (Å²) in [4.78, 5) is 32.4. The van der Waals surface area contributed by atoms with Gasteiger partial charge in [-0.2, -0.15) is 0 Å².